The molecule has 2 aliphatic heterocycles. The second kappa shape index (κ2) is 12.2. The van der Waals surface area contributed by atoms with Gasteiger partial charge in [-0.25, -0.2) is 4.79 Å². The van der Waals surface area contributed by atoms with Crippen molar-refractivity contribution < 1.29 is 9.59 Å². The Bertz CT molecular complexity index is 1600. The predicted molar refractivity (Wildman–Crippen MR) is 165 cm³/mol. The lowest BCUT2D eigenvalue weighted by atomic mass is 9.92. The SMILES string of the molecule is CC(C)CN1CCN(C(=O)C(CC(=O)N2CCC(n3c(=O)[nH]c4ccccc43)CC2)Cc2ccc3[nH]ccc3c2)CC1. The molecule has 2 aromatic heterocycles. The molecule has 2 fully saturated rings. The Kier molecular flexibility index (Phi) is 8.20. The minimum absolute atomic E-state index is 0.0271. The standard InChI is InChI=1S/C33H42N6O3/c1-23(2)22-36-15-17-38(18-16-36)32(41)26(20-24-7-8-28-25(19-24)9-12-34-28)21-31(40)37-13-10-27(11-14-37)39-30-6-4-3-5-29(30)35-33(39)42/h3-9,12,19,23,26-27,34H,10-11,13-18,20-22H2,1-2H3,(H,35,42). The Morgan fingerprint density at radius 3 is 2.43 bits per heavy atom. The zero-order valence-corrected chi connectivity index (χ0v) is 24.7. The highest BCUT2D eigenvalue weighted by molar-refractivity contribution is 5.87. The molecule has 4 heterocycles. The Morgan fingerprint density at radius 2 is 1.67 bits per heavy atom. The van der Waals surface area contributed by atoms with E-state index >= 15 is 0 Å². The number of amides is 2. The van der Waals surface area contributed by atoms with Crippen LogP contribution in [0, 0.1) is 11.8 Å². The van der Waals surface area contributed by atoms with Gasteiger partial charge in [0.1, 0.15) is 0 Å². The van der Waals surface area contributed by atoms with Crippen LogP contribution in [0.3, 0.4) is 0 Å². The van der Waals surface area contributed by atoms with Gasteiger partial charge in [-0.05, 0) is 66.5 Å². The van der Waals surface area contributed by atoms with E-state index < -0.39 is 5.92 Å². The summed E-state index contributed by atoms with van der Waals surface area (Å²) in [6, 6.07) is 16.1. The van der Waals surface area contributed by atoms with Gasteiger partial charge in [-0.2, -0.15) is 0 Å². The van der Waals surface area contributed by atoms with Crippen molar-refractivity contribution >= 4 is 33.8 Å². The van der Waals surface area contributed by atoms with Crippen LogP contribution in [0.2, 0.25) is 0 Å². The highest BCUT2D eigenvalue weighted by atomic mass is 16.2. The molecular formula is C33H42N6O3. The van der Waals surface area contributed by atoms with Crippen molar-refractivity contribution in [3.8, 4) is 0 Å². The molecule has 2 aliphatic rings. The maximum atomic E-state index is 13.9. The molecule has 0 radical (unpaired) electrons. The summed E-state index contributed by atoms with van der Waals surface area (Å²) in [7, 11) is 0. The molecule has 9 nitrogen and oxygen atoms in total. The first-order valence-corrected chi connectivity index (χ1v) is 15.4. The van der Waals surface area contributed by atoms with Gasteiger partial charge in [0.15, 0.2) is 0 Å². The van der Waals surface area contributed by atoms with Crippen LogP contribution in [-0.4, -0.2) is 86.9 Å². The summed E-state index contributed by atoms with van der Waals surface area (Å²) in [4.78, 5) is 52.8. The summed E-state index contributed by atoms with van der Waals surface area (Å²) in [5.41, 5.74) is 3.79. The van der Waals surface area contributed by atoms with Crippen molar-refractivity contribution in [3.63, 3.8) is 0 Å². The van der Waals surface area contributed by atoms with Crippen molar-refractivity contribution in [3.05, 3.63) is 70.8 Å². The Morgan fingerprint density at radius 1 is 0.905 bits per heavy atom. The van der Waals surface area contributed by atoms with Gasteiger partial charge in [0.05, 0.1) is 17.0 Å². The van der Waals surface area contributed by atoms with Crippen LogP contribution in [0.1, 0.15) is 44.7 Å². The Balaban J connectivity index is 1.14. The number of piperazine rings is 1. The first-order chi connectivity index (χ1) is 20.4. The van der Waals surface area contributed by atoms with Gasteiger partial charge in [-0.15, -0.1) is 0 Å². The minimum Gasteiger partial charge on any atom is -0.361 e. The van der Waals surface area contributed by atoms with E-state index in [1.54, 1.807) is 0 Å². The van der Waals surface area contributed by atoms with E-state index in [1.165, 1.54) is 0 Å². The van der Waals surface area contributed by atoms with Gasteiger partial charge in [0.25, 0.3) is 0 Å². The zero-order chi connectivity index (χ0) is 29.2. The van der Waals surface area contributed by atoms with E-state index in [9.17, 15) is 14.4 Å². The molecule has 2 amide bonds. The molecule has 0 bridgehead atoms. The van der Waals surface area contributed by atoms with E-state index in [2.05, 4.69) is 46.9 Å². The lowest BCUT2D eigenvalue weighted by Gasteiger charge is -2.38. The Labute approximate surface area is 246 Å². The second-order valence-electron chi connectivity index (χ2n) is 12.5. The van der Waals surface area contributed by atoms with E-state index in [4.69, 9.17) is 0 Å². The van der Waals surface area contributed by atoms with E-state index in [-0.39, 0.29) is 30.0 Å². The number of nitrogens with zero attached hydrogens (tertiary/aromatic N) is 4. The molecular weight excluding hydrogens is 528 g/mol. The lowest BCUT2D eigenvalue weighted by Crippen LogP contribution is -2.51. The van der Waals surface area contributed by atoms with E-state index in [0.717, 1.165) is 47.1 Å². The third-order valence-corrected chi connectivity index (χ3v) is 8.98. The number of para-hydroxylation sites is 2. The second-order valence-corrected chi connectivity index (χ2v) is 12.5. The van der Waals surface area contributed by atoms with Gasteiger partial charge in [0.2, 0.25) is 11.8 Å². The van der Waals surface area contributed by atoms with Crippen LogP contribution >= 0.6 is 0 Å². The number of carbonyl (C=O) groups is 2. The number of piperidine rings is 1. The molecule has 2 saturated heterocycles. The number of imidazole rings is 1. The molecule has 42 heavy (non-hydrogen) atoms. The predicted octanol–water partition coefficient (Wildman–Crippen LogP) is 4.02. The van der Waals surface area contributed by atoms with E-state index in [0.29, 0.717) is 51.4 Å². The summed E-state index contributed by atoms with van der Waals surface area (Å²) in [6.45, 7) is 9.82. The zero-order valence-electron chi connectivity index (χ0n) is 24.7. The molecule has 1 unspecified atom stereocenters. The van der Waals surface area contributed by atoms with Crippen LogP contribution < -0.4 is 5.69 Å². The number of nitrogens with one attached hydrogen (secondary N) is 2. The fourth-order valence-corrected chi connectivity index (χ4v) is 6.84. The number of aromatic nitrogens is 3. The number of aromatic amines is 2. The highest BCUT2D eigenvalue weighted by Gasteiger charge is 2.32. The highest BCUT2D eigenvalue weighted by Crippen LogP contribution is 2.27. The first kappa shape index (κ1) is 28.3. The minimum atomic E-state index is -0.403. The summed E-state index contributed by atoms with van der Waals surface area (Å²) < 4.78 is 1.85. The molecule has 1 atom stereocenters. The van der Waals surface area contributed by atoms with Crippen LogP contribution in [0.15, 0.2) is 59.5 Å². The summed E-state index contributed by atoms with van der Waals surface area (Å²) in [5.74, 6) is 0.306. The summed E-state index contributed by atoms with van der Waals surface area (Å²) >= 11 is 0. The molecule has 0 saturated carbocycles. The fraction of sp³-hybridized carbons (Fsp3) is 0.485. The largest absolute Gasteiger partial charge is 0.361 e. The normalized spacial score (nSPS) is 17.9. The van der Waals surface area contributed by atoms with Crippen LogP contribution in [0.5, 0.6) is 0 Å². The number of benzene rings is 2. The van der Waals surface area contributed by atoms with Crippen molar-refractivity contribution in [1.29, 1.82) is 0 Å². The first-order valence-electron chi connectivity index (χ1n) is 15.4. The number of likely N-dealkylation sites (tertiary alicyclic amines) is 1. The van der Waals surface area contributed by atoms with Crippen LogP contribution in [0.25, 0.3) is 21.9 Å². The van der Waals surface area contributed by atoms with Crippen molar-refractivity contribution in [2.45, 2.75) is 45.6 Å². The quantitative estimate of drug-likeness (QED) is 0.334. The van der Waals surface area contributed by atoms with E-state index in [1.807, 2.05) is 50.9 Å². The van der Waals surface area contributed by atoms with Crippen LogP contribution in [-0.2, 0) is 16.0 Å². The maximum Gasteiger partial charge on any atom is 0.326 e. The number of carbonyl (C=O) groups excluding carboxylic acids is 2. The maximum absolute atomic E-state index is 13.9. The fourth-order valence-electron chi connectivity index (χ4n) is 6.84. The number of hydrogen-bond acceptors (Lipinski definition) is 4. The molecule has 0 aliphatic carbocycles. The monoisotopic (exact) mass is 570 g/mol. The number of H-pyrrole nitrogens is 2. The van der Waals surface area contributed by atoms with Gasteiger partial charge >= 0.3 is 5.69 Å². The molecule has 2 aromatic carbocycles. The lowest BCUT2D eigenvalue weighted by molar-refractivity contribution is -0.143. The van der Waals surface area contributed by atoms with Crippen molar-refractivity contribution in [2.24, 2.45) is 11.8 Å². The summed E-state index contributed by atoms with van der Waals surface area (Å²) in [5, 5.41) is 1.11. The molecule has 4 aromatic rings. The number of fused-ring (bicyclic) bond motifs is 2. The number of rotatable bonds is 8. The smallest absolute Gasteiger partial charge is 0.326 e. The third kappa shape index (κ3) is 6.02. The van der Waals surface area contributed by atoms with Crippen LogP contribution in [0.4, 0.5) is 0 Å². The summed E-state index contributed by atoms with van der Waals surface area (Å²) in [6.07, 6.45) is 4.10. The van der Waals surface area contributed by atoms with Crippen molar-refractivity contribution in [2.75, 3.05) is 45.8 Å². The van der Waals surface area contributed by atoms with Crippen molar-refractivity contribution in [1.82, 2.24) is 29.2 Å². The van der Waals surface area contributed by atoms with Gasteiger partial charge < -0.3 is 19.8 Å². The molecule has 6 rings (SSSR count). The molecule has 0 spiro atoms. The Hall–Kier alpha value is -3.85. The topological polar surface area (TPSA) is 97.4 Å². The van der Waals surface area contributed by atoms with Gasteiger partial charge in [0, 0.05) is 70.0 Å². The van der Waals surface area contributed by atoms with Gasteiger partial charge in [-0.1, -0.05) is 32.0 Å². The average Bonchev–Trinajstić information content (AvgIpc) is 3.59. The number of hydrogen-bond donors (Lipinski definition) is 2. The molecule has 2 N–H and O–H groups in total. The third-order valence-electron chi connectivity index (χ3n) is 8.98. The molecule has 9 heteroatoms. The van der Waals surface area contributed by atoms with Gasteiger partial charge in [-0.3, -0.25) is 19.1 Å². The molecule has 222 valence electrons. The average molecular weight is 571 g/mol.